The van der Waals surface area contributed by atoms with Crippen molar-refractivity contribution in [3.8, 4) is 0 Å². The van der Waals surface area contributed by atoms with Crippen molar-refractivity contribution in [3.05, 3.63) is 88.0 Å². The summed E-state index contributed by atoms with van der Waals surface area (Å²) in [5.41, 5.74) is 3.36. The third-order valence-electron chi connectivity index (χ3n) is 3.33. The fraction of sp³-hybridized carbons (Fsp3) is 0.143. The van der Waals surface area contributed by atoms with E-state index in [-0.39, 0.29) is 45.6 Å². The zero-order valence-electron chi connectivity index (χ0n) is 16.0. The Kier molecular flexibility index (Phi) is 12.8. The first-order valence-electron chi connectivity index (χ1n) is 7.94. The second-order valence-electron chi connectivity index (χ2n) is 5.29. The molecular formula is C21H21F2ILiN2O-3. The van der Waals surface area contributed by atoms with Gasteiger partial charge in [0.05, 0.1) is 0 Å². The van der Waals surface area contributed by atoms with Crippen LogP contribution in [0.2, 0.25) is 0 Å². The monoisotopic (exact) mass is 489 g/mol. The molecule has 1 heterocycles. The zero-order chi connectivity index (χ0) is 20.3. The number of hydrogen-bond acceptors (Lipinski definition) is 3. The van der Waals surface area contributed by atoms with Crippen molar-refractivity contribution in [2.45, 2.75) is 19.3 Å². The minimum atomic E-state index is -2.83. The second kappa shape index (κ2) is 13.5. The molecule has 0 atom stereocenters. The minimum Gasteiger partial charge on any atom is 1.00 e. The number of carbonyl (C=O) groups excluding carboxylic acids is 1. The van der Waals surface area contributed by atoms with E-state index in [0.29, 0.717) is 6.42 Å². The molecule has 0 unspecified atom stereocenters. The molecule has 1 N–H and O–H groups in total. The van der Waals surface area contributed by atoms with E-state index in [9.17, 15) is 8.78 Å². The van der Waals surface area contributed by atoms with Gasteiger partial charge in [0, 0.05) is 0 Å². The van der Waals surface area contributed by atoms with Gasteiger partial charge in [-0.15, -0.1) is 0 Å². The van der Waals surface area contributed by atoms with Crippen molar-refractivity contribution < 1.29 is 53.6 Å². The van der Waals surface area contributed by atoms with E-state index in [1.807, 2.05) is 0 Å². The van der Waals surface area contributed by atoms with Gasteiger partial charge < -0.3 is 4.79 Å². The van der Waals surface area contributed by atoms with Crippen LogP contribution in [0.5, 0.6) is 0 Å². The molecule has 0 saturated heterocycles. The quantitative estimate of drug-likeness (QED) is 0.250. The van der Waals surface area contributed by atoms with E-state index in [1.165, 1.54) is 18.4 Å². The van der Waals surface area contributed by atoms with Crippen LogP contribution in [0, 0.1) is 13.8 Å². The standard InChI is InChI=1S/C18H18F2IN2.C3H3O.Li/c1-4-13(5-2)17-16(12-21-10-11-22-17)23-15-8-6-14(7-9-15)18(3,19)20;1-2-3-4;/h4,6-12,23H,1-2,5H2,3H3;2H,1H2;/q-3;-1;+1/b13-4+;;. The molecule has 0 aliphatic carbocycles. The summed E-state index contributed by atoms with van der Waals surface area (Å²) < 4.78 is 30.7. The van der Waals surface area contributed by atoms with Gasteiger partial charge in [-0.3, -0.25) is 0 Å². The van der Waals surface area contributed by atoms with Gasteiger partial charge in [0.1, 0.15) is 0 Å². The Morgan fingerprint density at radius 3 is 2.46 bits per heavy atom. The van der Waals surface area contributed by atoms with Crippen LogP contribution in [0.15, 0.2) is 73.6 Å². The summed E-state index contributed by atoms with van der Waals surface area (Å²) in [6.07, 6.45) is 6.64. The molecule has 0 bridgehead atoms. The third-order valence-corrected chi connectivity index (χ3v) is 5.05. The summed E-state index contributed by atoms with van der Waals surface area (Å²) >= 11 is -0.248. The maximum Gasteiger partial charge on any atom is 1.00 e. The third kappa shape index (κ3) is 8.59. The van der Waals surface area contributed by atoms with E-state index in [4.69, 9.17) is 4.79 Å². The second-order valence-corrected chi connectivity index (χ2v) is 7.35. The SMILES string of the molecule is C=C[C-]=O.[CH2-]/C=C(\C[CH2-])C1=NC=C[I-]C=C1Nc1ccc(C(C)(F)F)cc1.[Li+]. The normalized spacial score (nSPS) is 13.9. The van der Waals surface area contributed by atoms with Gasteiger partial charge in [-0.05, 0) is 6.29 Å². The van der Waals surface area contributed by atoms with Crippen molar-refractivity contribution in [2.75, 3.05) is 5.32 Å². The van der Waals surface area contributed by atoms with Crippen LogP contribution >= 0.6 is 0 Å². The minimum absolute atomic E-state index is 0. The molecule has 7 heteroatoms. The van der Waals surface area contributed by atoms with E-state index < -0.39 is 5.92 Å². The number of allylic oxidation sites excluding steroid dienone is 3. The smallest absolute Gasteiger partial charge is 1.00 e. The Balaban J connectivity index is 0.00000133. The van der Waals surface area contributed by atoms with Gasteiger partial charge in [-0.25, -0.2) is 12.7 Å². The molecule has 0 aromatic heterocycles. The predicted molar refractivity (Wildman–Crippen MR) is 104 cm³/mol. The molecule has 2 rings (SSSR count). The number of halogens is 3. The van der Waals surface area contributed by atoms with Crippen LogP contribution in [0.1, 0.15) is 18.9 Å². The summed E-state index contributed by atoms with van der Waals surface area (Å²) in [7, 11) is 0. The number of rotatable bonds is 6. The molecule has 0 saturated carbocycles. The van der Waals surface area contributed by atoms with Crippen LogP contribution in [-0.4, -0.2) is 12.0 Å². The van der Waals surface area contributed by atoms with Gasteiger partial charge in [0.15, 0.2) is 0 Å². The molecule has 0 fully saturated rings. The van der Waals surface area contributed by atoms with Crippen molar-refractivity contribution in [1.29, 1.82) is 0 Å². The molecule has 0 spiro atoms. The Hall–Kier alpha value is -1.62. The first-order chi connectivity index (χ1) is 12.9. The molecule has 0 amide bonds. The van der Waals surface area contributed by atoms with Crippen molar-refractivity contribution >= 4 is 17.7 Å². The van der Waals surface area contributed by atoms with Gasteiger partial charge in [-0.1, -0.05) is 0 Å². The number of nitrogens with one attached hydrogen (secondary N) is 1. The topological polar surface area (TPSA) is 41.5 Å². The molecular weight excluding hydrogens is 468 g/mol. The maximum atomic E-state index is 13.3. The molecule has 0 radical (unpaired) electrons. The van der Waals surface area contributed by atoms with Crippen molar-refractivity contribution in [2.24, 2.45) is 4.99 Å². The van der Waals surface area contributed by atoms with Crippen molar-refractivity contribution in [3.63, 3.8) is 0 Å². The van der Waals surface area contributed by atoms with Crippen LogP contribution in [0.25, 0.3) is 0 Å². The van der Waals surface area contributed by atoms with E-state index in [1.54, 1.807) is 24.4 Å². The first kappa shape index (κ1) is 26.4. The van der Waals surface area contributed by atoms with E-state index >= 15 is 0 Å². The number of benzene rings is 1. The molecule has 1 aliphatic heterocycles. The average Bonchev–Trinajstić information content (AvgIpc) is 2.88. The predicted octanol–water partition coefficient (Wildman–Crippen LogP) is -0.663. The number of nitrogens with zero attached hydrogens (tertiary/aromatic N) is 1. The van der Waals surface area contributed by atoms with Crippen LogP contribution in [-0.2, 0) is 10.7 Å². The fourth-order valence-corrected chi connectivity index (χ4v) is 3.38. The van der Waals surface area contributed by atoms with Gasteiger partial charge >= 0.3 is 165 Å². The Labute approximate surface area is 188 Å². The summed E-state index contributed by atoms with van der Waals surface area (Å²) in [4.78, 5) is 13.4. The summed E-state index contributed by atoms with van der Waals surface area (Å²) in [5.74, 6) is -2.83. The maximum absolute atomic E-state index is 13.3. The molecule has 28 heavy (non-hydrogen) atoms. The fourth-order valence-electron chi connectivity index (χ4n) is 2.02. The molecule has 3 nitrogen and oxygen atoms in total. The zero-order valence-corrected chi connectivity index (χ0v) is 18.2. The van der Waals surface area contributed by atoms with Gasteiger partial charge in [-0.2, -0.15) is 0 Å². The molecule has 1 aromatic rings. The number of aliphatic imine (C=N–C) groups is 1. The van der Waals surface area contributed by atoms with Crippen LogP contribution < -0.4 is 45.4 Å². The van der Waals surface area contributed by atoms with Crippen LogP contribution in [0.3, 0.4) is 0 Å². The van der Waals surface area contributed by atoms with Crippen LogP contribution in [0.4, 0.5) is 14.5 Å². The Bertz CT molecular complexity index is 758. The summed E-state index contributed by atoms with van der Waals surface area (Å²) in [5, 5.41) is 3.28. The average molecular weight is 489 g/mol. The first-order valence-corrected chi connectivity index (χ1v) is 10.4. The number of hydrogen-bond donors (Lipinski definition) is 1. The molecule has 1 aromatic carbocycles. The number of anilines is 1. The van der Waals surface area contributed by atoms with Gasteiger partial charge in [0.2, 0.25) is 0 Å². The molecule has 146 valence electrons. The Morgan fingerprint density at radius 1 is 1.39 bits per heavy atom. The van der Waals surface area contributed by atoms with Crippen molar-refractivity contribution in [1.82, 2.24) is 0 Å². The summed E-state index contributed by atoms with van der Waals surface area (Å²) in [6, 6.07) is 6.17. The Morgan fingerprint density at radius 2 is 2.00 bits per heavy atom. The largest absolute Gasteiger partial charge is 1.00 e. The van der Waals surface area contributed by atoms with Gasteiger partial charge in [0.25, 0.3) is 0 Å². The van der Waals surface area contributed by atoms with E-state index in [2.05, 4.69) is 38.9 Å². The summed E-state index contributed by atoms with van der Waals surface area (Å²) in [6.45, 7) is 11.7. The molecule has 1 aliphatic rings. The van der Waals surface area contributed by atoms with E-state index in [0.717, 1.165) is 35.7 Å². The number of alkyl halides is 2.